The lowest BCUT2D eigenvalue weighted by Gasteiger charge is -2.30. The number of rotatable bonds is 6. The van der Waals surface area contributed by atoms with Crippen LogP contribution < -0.4 is 21.3 Å². The van der Waals surface area contributed by atoms with Gasteiger partial charge in [-0.15, -0.1) is 0 Å². The highest BCUT2D eigenvalue weighted by atomic mass is 35.5. The molecular formula is C22H24Cl4N4S2. The van der Waals surface area contributed by atoms with Gasteiger partial charge < -0.3 is 21.3 Å². The molecule has 1 fully saturated rings. The molecule has 0 amide bonds. The second kappa shape index (κ2) is 12.4. The molecule has 0 saturated heterocycles. The first-order valence-electron chi connectivity index (χ1n) is 10.3. The zero-order chi connectivity index (χ0) is 23.1. The predicted octanol–water partition coefficient (Wildman–Crippen LogP) is 7.38. The monoisotopic (exact) mass is 548 g/mol. The fourth-order valence-corrected chi connectivity index (χ4v) is 4.74. The molecule has 1 aliphatic rings. The van der Waals surface area contributed by atoms with Gasteiger partial charge in [-0.1, -0.05) is 52.8 Å². The molecule has 3 rings (SSSR count). The van der Waals surface area contributed by atoms with Gasteiger partial charge in [0.2, 0.25) is 0 Å². The first-order valence-corrected chi connectivity index (χ1v) is 12.6. The van der Waals surface area contributed by atoms with E-state index in [1.54, 1.807) is 24.3 Å². The minimum absolute atomic E-state index is 0.494. The lowest BCUT2D eigenvalue weighted by molar-refractivity contribution is 0.267. The van der Waals surface area contributed by atoms with Crippen molar-refractivity contribution in [1.29, 1.82) is 0 Å². The SMILES string of the molecule is S=C(NC[C@H]1CCC[C@H](CNC(=S)Nc2ccc(Cl)c(Cl)c2)C1)Nc1ccc(Cl)c(Cl)c1. The summed E-state index contributed by atoms with van der Waals surface area (Å²) in [5, 5.41) is 16.1. The third-order valence-corrected chi connectivity index (χ3v) is 7.32. The fourth-order valence-electron chi connectivity index (χ4n) is 3.75. The smallest absolute Gasteiger partial charge is 0.170 e. The van der Waals surface area contributed by atoms with Crippen molar-refractivity contribution in [3.63, 3.8) is 0 Å². The number of benzene rings is 2. The van der Waals surface area contributed by atoms with Crippen molar-refractivity contribution in [3.8, 4) is 0 Å². The maximum Gasteiger partial charge on any atom is 0.170 e. The molecule has 4 nitrogen and oxygen atoms in total. The van der Waals surface area contributed by atoms with E-state index in [9.17, 15) is 0 Å². The lowest BCUT2D eigenvalue weighted by atomic mass is 9.81. The molecule has 32 heavy (non-hydrogen) atoms. The Labute approximate surface area is 219 Å². The van der Waals surface area contributed by atoms with Crippen LogP contribution in [0.5, 0.6) is 0 Å². The van der Waals surface area contributed by atoms with E-state index in [0.717, 1.165) is 30.9 Å². The number of thiocarbonyl (C=S) groups is 2. The van der Waals surface area contributed by atoms with Gasteiger partial charge in [0.05, 0.1) is 20.1 Å². The second-order valence-corrected chi connectivity index (χ2v) is 10.3. The quantitative estimate of drug-likeness (QED) is 0.282. The molecule has 2 aromatic rings. The second-order valence-electron chi connectivity index (χ2n) is 7.83. The molecule has 4 N–H and O–H groups in total. The molecule has 1 saturated carbocycles. The van der Waals surface area contributed by atoms with Gasteiger partial charge >= 0.3 is 0 Å². The van der Waals surface area contributed by atoms with E-state index in [2.05, 4.69) is 21.3 Å². The summed E-state index contributed by atoms with van der Waals surface area (Å²) in [6, 6.07) is 10.7. The first kappa shape index (κ1) is 25.6. The van der Waals surface area contributed by atoms with E-state index in [4.69, 9.17) is 70.8 Å². The van der Waals surface area contributed by atoms with Gasteiger partial charge in [-0.3, -0.25) is 0 Å². The van der Waals surface area contributed by atoms with Gasteiger partial charge in [-0.2, -0.15) is 0 Å². The summed E-state index contributed by atoms with van der Waals surface area (Å²) in [6.07, 6.45) is 4.68. The van der Waals surface area contributed by atoms with Gasteiger partial charge in [0.1, 0.15) is 0 Å². The minimum atomic E-state index is 0.494. The Balaban J connectivity index is 1.38. The number of hydrogen-bond acceptors (Lipinski definition) is 2. The molecule has 10 heteroatoms. The molecule has 172 valence electrons. The third kappa shape index (κ3) is 8.08. The Bertz CT molecular complexity index is 897. The zero-order valence-corrected chi connectivity index (χ0v) is 21.8. The number of nitrogens with one attached hydrogen (secondary N) is 4. The molecule has 0 heterocycles. The Morgan fingerprint density at radius 2 is 1.16 bits per heavy atom. The van der Waals surface area contributed by atoms with Crippen LogP contribution in [-0.4, -0.2) is 23.3 Å². The predicted molar refractivity (Wildman–Crippen MR) is 147 cm³/mol. The van der Waals surface area contributed by atoms with Crippen molar-refractivity contribution in [1.82, 2.24) is 10.6 Å². The van der Waals surface area contributed by atoms with Gasteiger partial charge in [0.15, 0.2) is 10.2 Å². The molecular weight excluding hydrogens is 526 g/mol. The van der Waals surface area contributed by atoms with E-state index >= 15 is 0 Å². The Kier molecular flexibility index (Phi) is 9.96. The fraction of sp³-hybridized carbons (Fsp3) is 0.364. The zero-order valence-electron chi connectivity index (χ0n) is 17.2. The highest BCUT2D eigenvalue weighted by Gasteiger charge is 2.22. The summed E-state index contributed by atoms with van der Waals surface area (Å²) in [5.41, 5.74) is 1.62. The molecule has 0 aliphatic heterocycles. The van der Waals surface area contributed by atoms with Crippen LogP contribution in [0, 0.1) is 11.8 Å². The van der Waals surface area contributed by atoms with Crippen LogP contribution >= 0.6 is 70.8 Å². The Morgan fingerprint density at radius 3 is 1.56 bits per heavy atom. The molecule has 0 spiro atoms. The van der Waals surface area contributed by atoms with Crippen molar-refractivity contribution in [3.05, 3.63) is 56.5 Å². The molecule has 0 bridgehead atoms. The largest absolute Gasteiger partial charge is 0.362 e. The van der Waals surface area contributed by atoms with E-state index < -0.39 is 0 Å². The van der Waals surface area contributed by atoms with Gasteiger partial charge in [-0.05, 0) is 91.9 Å². The Hall–Kier alpha value is -1.02. The topological polar surface area (TPSA) is 48.1 Å². The van der Waals surface area contributed by atoms with E-state index in [1.807, 2.05) is 12.1 Å². The molecule has 0 unspecified atom stereocenters. The Morgan fingerprint density at radius 1 is 0.719 bits per heavy atom. The summed E-state index contributed by atoms with van der Waals surface area (Å²) < 4.78 is 0. The minimum Gasteiger partial charge on any atom is -0.362 e. The highest BCUT2D eigenvalue weighted by Crippen LogP contribution is 2.29. The van der Waals surface area contributed by atoms with E-state index in [0.29, 0.717) is 42.2 Å². The first-order chi connectivity index (χ1) is 15.3. The molecule has 2 aromatic carbocycles. The summed E-state index contributed by atoms with van der Waals surface area (Å²) in [4.78, 5) is 0. The van der Waals surface area contributed by atoms with Crippen LogP contribution in [0.1, 0.15) is 25.7 Å². The normalized spacial score (nSPS) is 18.0. The van der Waals surface area contributed by atoms with Crippen LogP contribution in [0.15, 0.2) is 36.4 Å². The van der Waals surface area contributed by atoms with Crippen LogP contribution in [-0.2, 0) is 0 Å². The molecule has 2 atom stereocenters. The number of hydrogen-bond donors (Lipinski definition) is 4. The summed E-state index contributed by atoms with van der Waals surface area (Å²) in [7, 11) is 0. The maximum atomic E-state index is 6.06. The van der Waals surface area contributed by atoms with Crippen molar-refractivity contribution in [2.24, 2.45) is 11.8 Å². The van der Waals surface area contributed by atoms with Crippen molar-refractivity contribution in [2.45, 2.75) is 25.7 Å². The van der Waals surface area contributed by atoms with Crippen molar-refractivity contribution in [2.75, 3.05) is 23.7 Å². The summed E-state index contributed by atoms with van der Waals surface area (Å²) in [5.74, 6) is 1.11. The highest BCUT2D eigenvalue weighted by molar-refractivity contribution is 7.80. The van der Waals surface area contributed by atoms with Gasteiger partial charge in [0, 0.05) is 24.5 Å². The molecule has 1 aliphatic carbocycles. The van der Waals surface area contributed by atoms with Crippen LogP contribution in [0.4, 0.5) is 11.4 Å². The summed E-state index contributed by atoms with van der Waals surface area (Å²) in [6.45, 7) is 1.66. The van der Waals surface area contributed by atoms with Crippen molar-refractivity contribution < 1.29 is 0 Å². The van der Waals surface area contributed by atoms with Crippen LogP contribution in [0.25, 0.3) is 0 Å². The maximum absolute atomic E-state index is 6.06. The average Bonchev–Trinajstić information content (AvgIpc) is 2.76. The van der Waals surface area contributed by atoms with Crippen LogP contribution in [0.2, 0.25) is 20.1 Å². The van der Waals surface area contributed by atoms with E-state index in [-0.39, 0.29) is 0 Å². The number of anilines is 2. The number of halogens is 4. The molecule has 0 radical (unpaired) electrons. The average molecular weight is 550 g/mol. The van der Waals surface area contributed by atoms with Crippen LogP contribution in [0.3, 0.4) is 0 Å². The summed E-state index contributed by atoms with van der Waals surface area (Å²) >= 11 is 34.9. The van der Waals surface area contributed by atoms with Gasteiger partial charge in [-0.25, -0.2) is 0 Å². The van der Waals surface area contributed by atoms with E-state index in [1.165, 1.54) is 19.3 Å². The standard InChI is InChI=1S/C22H24Cl4N4S2/c23-17-6-4-15(9-19(17)25)29-21(31)27-11-13-2-1-3-14(8-13)12-28-22(32)30-16-5-7-18(24)20(26)10-16/h4-7,9-10,13-14H,1-3,8,11-12H2,(H2,27,29,31)(H2,28,30,32)/t13-,14-/m0/s1. The van der Waals surface area contributed by atoms with Crippen molar-refractivity contribution >= 4 is 92.4 Å². The lowest BCUT2D eigenvalue weighted by Crippen LogP contribution is -2.38. The molecule has 0 aromatic heterocycles. The van der Waals surface area contributed by atoms with Gasteiger partial charge in [0.25, 0.3) is 0 Å². The third-order valence-electron chi connectivity index (χ3n) is 5.35.